The van der Waals surface area contributed by atoms with E-state index in [1.54, 1.807) is 0 Å². The van der Waals surface area contributed by atoms with E-state index in [0.717, 1.165) is 9.22 Å². The second kappa shape index (κ2) is 3.70. The van der Waals surface area contributed by atoms with Crippen LogP contribution in [0.4, 0.5) is 0 Å². The topological polar surface area (TPSA) is 25.8 Å². The number of hydrogen-bond donors (Lipinski definition) is 0. The summed E-state index contributed by atoms with van der Waals surface area (Å²) in [6, 6.07) is 4.10. The Hall–Kier alpha value is -0.710. The van der Waals surface area contributed by atoms with E-state index in [1.807, 2.05) is 18.5 Å². The third kappa shape index (κ3) is 1.97. The molecule has 78 valence electrons. The largest absolute Gasteiger partial charge is 0.253 e. The second-order valence-electron chi connectivity index (χ2n) is 4.61. The van der Waals surface area contributed by atoms with Crippen LogP contribution in [0.3, 0.4) is 0 Å². The zero-order valence-electron chi connectivity index (χ0n) is 9.08. The highest BCUT2D eigenvalue weighted by Gasteiger charge is 2.18. The van der Waals surface area contributed by atoms with Gasteiger partial charge in [0.1, 0.15) is 9.22 Å². The molecule has 0 aromatic carbocycles. The fourth-order valence-corrected chi connectivity index (χ4v) is 2.21. The lowest BCUT2D eigenvalue weighted by atomic mass is 9.86. The van der Waals surface area contributed by atoms with E-state index in [2.05, 4.69) is 59.4 Å². The molecule has 0 radical (unpaired) electrons. The third-order valence-corrected chi connectivity index (χ3v) is 3.20. The molecule has 0 unspecified atom stereocenters. The van der Waals surface area contributed by atoms with Gasteiger partial charge < -0.3 is 0 Å². The minimum atomic E-state index is 0.110. The fourth-order valence-electron chi connectivity index (χ4n) is 1.64. The molecule has 2 nitrogen and oxygen atoms in total. The van der Waals surface area contributed by atoms with Gasteiger partial charge in [0.15, 0.2) is 0 Å². The normalized spacial score (nSPS) is 12.0. The Balaban J connectivity index is 2.84. The smallest absolute Gasteiger partial charge is 0.127 e. The van der Waals surface area contributed by atoms with Crippen molar-refractivity contribution in [2.24, 2.45) is 0 Å². The molecule has 2 rings (SSSR count). The molecule has 0 fully saturated rings. The Labute approximate surface area is 103 Å². The summed E-state index contributed by atoms with van der Waals surface area (Å²) in [6.45, 7) is 6.59. The van der Waals surface area contributed by atoms with Crippen molar-refractivity contribution in [1.82, 2.24) is 9.97 Å². The minimum absolute atomic E-state index is 0.110. The van der Waals surface area contributed by atoms with Gasteiger partial charge in [-0.25, -0.2) is 4.98 Å². The fraction of sp³-hybridized carbons (Fsp3) is 0.333. The van der Waals surface area contributed by atoms with E-state index in [9.17, 15) is 0 Å². The van der Waals surface area contributed by atoms with Crippen molar-refractivity contribution in [3.8, 4) is 0 Å². The lowest BCUT2D eigenvalue weighted by molar-refractivity contribution is 0.593. The maximum atomic E-state index is 4.40. The van der Waals surface area contributed by atoms with E-state index in [1.165, 1.54) is 10.9 Å². The van der Waals surface area contributed by atoms with Crippen molar-refractivity contribution in [2.45, 2.75) is 26.2 Å². The van der Waals surface area contributed by atoms with E-state index >= 15 is 0 Å². The second-order valence-corrected chi connectivity index (χ2v) is 5.63. The van der Waals surface area contributed by atoms with Gasteiger partial charge in [0.05, 0.1) is 0 Å². The first kappa shape index (κ1) is 10.8. The quantitative estimate of drug-likeness (QED) is 0.549. The van der Waals surface area contributed by atoms with Crippen molar-refractivity contribution in [3.05, 3.63) is 33.8 Å². The summed E-state index contributed by atoms with van der Waals surface area (Å²) in [6.07, 6.45) is 3.78. The Kier molecular flexibility index (Phi) is 2.66. The SMILES string of the molecule is CC(C)(C)c1cnc(I)c2ncccc12. The third-order valence-electron chi connectivity index (χ3n) is 2.41. The van der Waals surface area contributed by atoms with E-state index in [0.29, 0.717) is 0 Å². The molecule has 3 heteroatoms. The highest BCUT2D eigenvalue weighted by atomic mass is 127. The molecule has 0 saturated heterocycles. The van der Waals surface area contributed by atoms with Crippen LogP contribution in [0.5, 0.6) is 0 Å². The van der Waals surface area contributed by atoms with Crippen LogP contribution >= 0.6 is 22.6 Å². The lowest BCUT2D eigenvalue weighted by Gasteiger charge is -2.20. The van der Waals surface area contributed by atoms with Gasteiger partial charge in [0.25, 0.3) is 0 Å². The Morgan fingerprint density at radius 3 is 2.60 bits per heavy atom. The van der Waals surface area contributed by atoms with Crippen LogP contribution < -0.4 is 0 Å². The molecule has 0 aliphatic rings. The van der Waals surface area contributed by atoms with Crippen molar-refractivity contribution in [3.63, 3.8) is 0 Å². The Morgan fingerprint density at radius 2 is 1.93 bits per heavy atom. The van der Waals surface area contributed by atoms with Gasteiger partial charge in [-0.2, -0.15) is 0 Å². The van der Waals surface area contributed by atoms with Gasteiger partial charge in [-0.15, -0.1) is 0 Å². The summed E-state index contributed by atoms with van der Waals surface area (Å²) in [5.74, 6) is 0. The molecular formula is C12H13IN2. The van der Waals surface area contributed by atoms with Crippen molar-refractivity contribution in [1.29, 1.82) is 0 Å². The highest BCUT2D eigenvalue weighted by molar-refractivity contribution is 14.1. The van der Waals surface area contributed by atoms with Crippen LogP contribution in [0.1, 0.15) is 26.3 Å². The maximum Gasteiger partial charge on any atom is 0.127 e. The molecule has 2 heterocycles. The summed E-state index contributed by atoms with van der Waals surface area (Å²) in [7, 11) is 0. The average molecular weight is 312 g/mol. The lowest BCUT2D eigenvalue weighted by Crippen LogP contribution is -2.12. The first-order valence-electron chi connectivity index (χ1n) is 4.90. The number of pyridine rings is 2. The molecule has 0 atom stereocenters. The molecule has 2 aromatic heterocycles. The van der Waals surface area contributed by atoms with Crippen LogP contribution in [0, 0.1) is 3.70 Å². The average Bonchev–Trinajstić information content (AvgIpc) is 2.17. The van der Waals surface area contributed by atoms with Crippen LogP contribution in [-0.2, 0) is 5.41 Å². The number of nitrogens with zero attached hydrogens (tertiary/aromatic N) is 2. The Bertz CT molecular complexity index is 500. The first-order chi connectivity index (χ1) is 7.00. The Morgan fingerprint density at radius 1 is 1.20 bits per heavy atom. The van der Waals surface area contributed by atoms with Crippen LogP contribution in [-0.4, -0.2) is 9.97 Å². The van der Waals surface area contributed by atoms with Gasteiger partial charge in [-0.05, 0) is 39.6 Å². The highest BCUT2D eigenvalue weighted by Crippen LogP contribution is 2.29. The predicted octanol–water partition coefficient (Wildman–Crippen LogP) is 3.53. The molecule has 15 heavy (non-hydrogen) atoms. The van der Waals surface area contributed by atoms with Crippen molar-refractivity contribution in [2.75, 3.05) is 0 Å². The summed E-state index contributed by atoms with van der Waals surface area (Å²) >= 11 is 2.23. The van der Waals surface area contributed by atoms with E-state index in [4.69, 9.17) is 0 Å². The van der Waals surface area contributed by atoms with Crippen LogP contribution in [0.2, 0.25) is 0 Å². The number of fused-ring (bicyclic) bond motifs is 1. The van der Waals surface area contributed by atoms with Gasteiger partial charge in [0, 0.05) is 17.8 Å². The number of rotatable bonds is 0. The monoisotopic (exact) mass is 312 g/mol. The maximum absolute atomic E-state index is 4.40. The van der Waals surface area contributed by atoms with Gasteiger partial charge in [-0.1, -0.05) is 26.8 Å². The number of aromatic nitrogens is 2. The molecular weight excluding hydrogens is 299 g/mol. The van der Waals surface area contributed by atoms with Gasteiger partial charge in [0.2, 0.25) is 0 Å². The zero-order valence-corrected chi connectivity index (χ0v) is 11.2. The van der Waals surface area contributed by atoms with Crippen molar-refractivity contribution < 1.29 is 0 Å². The molecule has 0 bridgehead atoms. The first-order valence-corrected chi connectivity index (χ1v) is 5.98. The molecule has 0 amide bonds. The van der Waals surface area contributed by atoms with E-state index < -0.39 is 0 Å². The zero-order chi connectivity index (χ0) is 11.1. The van der Waals surface area contributed by atoms with Gasteiger partial charge in [-0.3, -0.25) is 4.98 Å². The number of halogens is 1. The predicted molar refractivity (Wildman–Crippen MR) is 71.0 cm³/mol. The minimum Gasteiger partial charge on any atom is -0.253 e. The van der Waals surface area contributed by atoms with Gasteiger partial charge >= 0.3 is 0 Å². The number of hydrogen-bond acceptors (Lipinski definition) is 2. The molecule has 2 aromatic rings. The summed E-state index contributed by atoms with van der Waals surface area (Å²) in [4.78, 5) is 8.78. The van der Waals surface area contributed by atoms with Crippen LogP contribution in [0.15, 0.2) is 24.5 Å². The molecule has 0 saturated carbocycles. The summed E-state index contributed by atoms with van der Waals surface area (Å²) in [5.41, 5.74) is 2.37. The standard InChI is InChI=1S/C12H13IN2/c1-12(2,3)9-7-15-11(13)10-8(9)5-4-6-14-10/h4-7H,1-3H3. The van der Waals surface area contributed by atoms with E-state index in [-0.39, 0.29) is 5.41 Å². The summed E-state index contributed by atoms with van der Waals surface area (Å²) in [5, 5.41) is 1.21. The molecule has 0 aliphatic carbocycles. The molecule has 0 spiro atoms. The van der Waals surface area contributed by atoms with Crippen LogP contribution in [0.25, 0.3) is 10.9 Å². The molecule has 0 N–H and O–H groups in total. The van der Waals surface area contributed by atoms with Crippen molar-refractivity contribution >= 4 is 33.5 Å². The summed E-state index contributed by atoms with van der Waals surface area (Å²) < 4.78 is 0.969. The molecule has 0 aliphatic heterocycles.